The van der Waals surface area contributed by atoms with Gasteiger partial charge in [-0.1, -0.05) is 0 Å². The van der Waals surface area contributed by atoms with Crippen LogP contribution in [0.4, 0.5) is 0 Å². The summed E-state index contributed by atoms with van der Waals surface area (Å²) in [5, 5.41) is -0.424. The van der Waals surface area contributed by atoms with Gasteiger partial charge in [0.2, 0.25) is 0 Å². The fourth-order valence-electron chi connectivity index (χ4n) is 0.193. The van der Waals surface area contributed by atoms with Crippen LogP contribution < -0.4 is 0 Å². The highest BCUT2D eigenvalue weighted by Gasteiger charge is 2.13. The Morgan fingerprint density at radius 1 is 0.875 bits per heavy atom. The molecule has 0 saturated carbocycles. The van der Waals surface area contributed by atoms with E-state index in [-0.39, 0.29) is 10.8 Å². The fourth-order valence-corrected chi connectivity index (χ4v) is 0.984. The smallest absolute Gasteiger partial charge is 0.0646 e. The second-order valence-electron chi connectivity index (χ2n) is 1.34. The van der Waals surface area contributed by atoms with Gasteiger partial charge in [-0.05, 0) is 0 Å². The molecular formula is C4H6Cl4. The van der Waals surface area contributed by atoms with Crippen molar-refractivity contribution < 1.29 is 0 Å². The Bertz CT molecular complexity index is 48.0. The van der Waals surface area contributed by atoms with Crippen LogP contribution in [-0.2, 0) is 0 Å². The lowest BCUT2D eigenvalue weighted by atomic mass is 10.4. The minimum absolute atomic E-state index is 0.212. The third-order valence-electron chi connectivity index (χ3n) is 0.687. The van der Waals surface area contributed by atoms with Crippen LogP contribution in [0.5, 0.6) is 0 Å². The molecule has 0 bridgehead atoms. The number of halogens is 4. The van der Waals surface area contributed by atoms with Crippen molar-refractivity contribution in [1.29, 1.82) is 0 Å². The van der Waals surface area contributed by atoms with Gasteiger partial charge in [-0.3, -0.25) is 0 Å². The van der Waals surface area contributed by atoms with Gasteiger partial charge in [-0.15, -0.1) is 46.4 Å². The van der Waals surface area contributed by atoms with Gasteiger partial charge >= 0.3 is 0 Å². The maximum Gasteiger partial charge on any atom is 0.0646 e. The predicted molar refractivity (Wildman–Crippen MR) is 40.7 cm³/mol. The first-order valence-electron chi connectivity index (χ1n) is 2.12. The fraction of sp³-hybridized carbons (Fsp3) is 1.00. The molecule has 0 nitrogen and oxygen atoms in total. The SMILES string of the molecule is ClCC(Cl)C(Cl)CCl. The number of hydrogen-bond donors (Lipinski definition) is 0. The van der Waals surface area contributed by atoms with Gasteiger partial charge in [0.15, 0.2) is 0 Å². The molecule has 0 aliphatic carbocycles. The number of rotatable bonds is 3. The molecule has 0 aromatic heterocycles. The van der Waals surface area contributed by atoms with Gasteiger partial charge in [-0.25, -0.2) is 0 Å². The lowest BCUT2D eigenvalue weighted by Crippen LogP contribution is -2.17. The summed E-state index contributed by atoms with van der Waals surface area (Å²) in [5.41, 5.74) is 0. The van der Waals surface area contributed by atoms with Crippen molar-refractivity contribution in [3.8, 4) is 0 Å². The van der Waals surface area contributed by atoms with E-state index in [1.165, 1.54) is 0 Å². The highest BCUT2D eigenvalue weighted by molar-refractivity contribution is 6.36. The van der Waals surface area contributed by atoms with E-state index in [0.717, 1.165) is 0 Å². The maximum absolute atomic E-state index is 5.57. The average Bonchev–Trinajstić information content (AvgIpc) is 1.84. The van der Waals surface area contributed by atoms with Gasteiger partial charge in [0, 0.05) is 11.8 Å². The Morgan fingerprint density at radius 2 is 1.12 bits per heavy atom. The molecule has 0 aliphatic heterocycles. The lowest BCUT2D eigenvalue weighted by Gasteiger charge is -2.07. The van der Waals surface area contributed by atoms with E-state index in [2.05, 4.69) is 0 Å². The van der Waals surface area contributed by atoms with Crippen LogP contribution in [0.3, 0.4) is 0 Å². The molecule has 0 saturated heterocycles. The van der Waals surface area contributed by atoms with Gasteiger partial charge in [-0.2, -0.15) is 0 Å². The Hall–Kier alpha value is 1.16. The van der Waals surface area contributed by atoms with Crippen molar-refractivity contribution in [3.63, 3.8) is 0 Å². The number of hydrogen-bond acceptors (Lipinski definition) is 0. The van der Waals surface area contributed by atoms with Gasteiger partial charge in [0.05, 0.1) is 10.8 Å². The first kappa shape index (κ1) is 9.16. The van der Waals surface area contributed by atoms with Crippen molar-refractivity contribution >= 4 is 46.4 Å². The second kappa shape index (κ2) is 4.99. The molecular weight excluding hydrogens is 190 g/mol. The topological polar surface area (TPSA) is 0 Å². The quantitative estimate of drug-likeness (QED) is 0.608. The standard InChI is InChI=1S/C4H6Cl4/c5-1-3(7)4(8)2-6/h3-4H,1-2H2. The summed E-state index contributed by atoms with van der Waals surface area (Å²) in [6.07, 6.45) is 0. The molecule has 0 rings (SSSR count). The van der Waals surface area contributed by atoms with Crippen LogP contribution in [0.1, 0.15) is 0 Å². The monoisotopic (exact) mass is 194 g/mol. The van der Waals surface area contributed by atoms with Crippen molar-refractivity contribution in [2.24, 2.45) is 0 Å². The molecule has 0 aromatic carbocycles. The third kappa shape index (κ3) is 3.24. The Balaban J connectivity index is 3.29. The first-order chi connectivity index (χ1) is 3.72. The summed E-state index contributed by atoms with van der Waals surface area (Å²) in [6.45, 7) is 0. The summed E-state index contributed by atoms with van der Waals surface area (Å²) >= 11 is 21.8. The highest BCUT2D eigenvalue weighted by atomic mass is 35.5. The van der Waals surface area contributed by atoms with Crippen LogP contribution in [0.25, 0.3) is 0 Å². The van der Waals surface area contributed by atoms with E-state index in [9.17, 15) is 0 Å². The zero-order valence-corrected chi connectivity index (χ0v) is 7.10. The Morgan fingerprint density at radius 3 is 1.25 bits per heavy atom. The van der Waals surface area contributed by atoms with E-state index in [4.69, 9.17) is 46.4 Å². The lowest BCUT2D eigenvalue weighted by molar-refractivity contribution is 0.917. The van der Waals surface area contributed by atoms with Crippen LogP contribution in [0.2, 0.25) is 0 Å². The first-order valence-corrected chi connectivity index (χ1v) is 4.06. The zero-order chi connectivity index (χ0) is 6.57. The van der Waals surface area contributed by atoms with Crippen LogP contribution >= 0.6 is 46.4 Å². The van der Waals surface area contributed by atoms with Crippen molar-refractivity contribution in [1.82, 2.24) is 0 Å². The molecule has 0 N–H and O–H groups in total. The molecule has 0 fully saturated rings. The normalized spacial score (nSPS) is 18.0. The molecule has 2 atom stereocenters. The minimum atomic E-state index is -0.212. The van der Waals surface area contributed by atoms with Crippen molar-refractivity contribution in [2.45, 2.75) is 10.8 Å². The molecule has 50 valence electrons. The summed E-state index contributed by atoms with van der Waals surface area (Å²) in [6, 6.07) is 0. The minimum Gasteiger partial charge on any atom is -0.125 e. The summed E-state index contributed by atoms with van der Waals surface area (Å²) < 4.78 is 0. The highest BCUT2D eigenvalue weighted by Crippen LogP contribution is 2.12. The van der Waals surface area contributed by atoms with Gasteiger partial charge < -0.3 is 0 Å². The van der Waals surface area contributed by atoms with Crippen LogP contribution in [-0.4, -0.2) is 22.5 Å². The van der Waals surface area contributed by atoms with E-state index < -0.39 is 0 Å². The van der Waals surface area contributed by atoms with E-state index in [0.29, 0.717) is 11.8 Å². The van der Waals surface area contributed by atoms with Gasteiger partial charge in [0.1, 0.15) is 0 Å². The largest absolute Gasteiger partial charge is 0.125 e. The number of alkyl halides is 4. The summed E-state index contributed by atoms with van der Waals surface area (Å²) in [5.74, 6) is 0.699. The Kier molecular flexibility index (Phi) is 5.71. The summed E-state index contributed by atoms with van der Waals surface area (Å²) in [7, 11) is 0. The second-order valence-corrected chi connectivity index (χ2v) is 3.08. The molecule has 0 spiro atoms. The Labute approximate surface area is 69.0 Å². The van der Waals surface area contributed by atoms with Crippen LogP contribution in [0.15, 0.2) is 0 Å². The molecule has 0 amide bonds. The van der Waals surface area contributed by atoms with Crippen molar-refractivity contribution in [3.05, 3.63) is 0 Å². The molecule has 4 heteroatoms. The predicted octanol–water partition coefficient (Wildman–Crippen LogP) is 2.68. The molecule has 2 unspecified atom stereocenters. The summed E-state index contributed by atoms with van der Waals surface area (Å²) in [4.78, 5) is 0. The molecule has 0 aromatic rings. The van der Waals surface area contributed by atoms with E-state index >= 15 is 0 Å². The molecule has 8 heavy (non-hydrogen) atoms. The van der Waals surface area contributed by atoms with E-state index in [1.807, 2.05) is 0 Å². The maximum atomic E-state index is 5.57. The zero-order valence-electron chi connectivity index (χ0n) is 4.08. The van der Waals surface area contributed by atoms with E-state index in [1.54, 1.807) is 0 Å². The van der Waals surface area contributed by atoms with Crippen LogP contribution in [0, 0.1) is 0 Å². The van der Waals surface area contributed by atoms with Gasteiger partial charge in [0.25, 0.3) is 0 Å². The molecule has 0 heterocycles. The third-order valence-corrected chi connectivity index (χ3v) is 2.71. The molecule has 0 aliphatic rings. The average molecular weight is 196 g/mol. The molecule has 0 radical (unpaired) electrons. The van der Waals surface area contributed by atoms with Crippen molar-refractivity contribution in [2.75, 3.05) is 11.8 Å².